The predicted molar refractivity (Wildman–Crippen MR) is 394 cm³/mol. The van der Waals surface area contributed by atoms with Crippen LogP contribution in [0.3, 0.4) is 0 Å². The smallest absolute Gasteiger partial charge is 0.0288 e. The van der Waals surface area contributed by atoms with Gasteiger partial charge in [0.25, 0.3) is 0 Å². The van der Waals surface area contributed by atoms with Crippen LogP contribution < -0.4 is 0 Å². The third-order valence-electron chi connectivity index (χ3n) is 15.6. The second kappa shape index (κ2) is 53.7. The van der Waals surface area contributed by atoms with Crippen molar-refractivity contribution in [3.8, 4) is 332 Å². The summed E-state index contributed by atoms with van der Waals surface area (Å²) in [5, 5.41) is 0. The molecule has 94 heavy (non-hydrogen) atoms. The molecule has 18 atom stereocenters. The Labute approximate surface area is 573 Å². The van der Waals surface area contributed by atoms with Gasteiger partial charge in [-0.25, -0.2) is 0 Å². The van der Waals surface area contributed by atoms with Gasteiger partial charge in [0.1, 0.15) is 0 Å². The van der Waals surface area contributed by atoms with Crippen molar-refractivity contribution in [3.63, 3.8) is 0 Å². The van der Waals surface area contributed by atoms with Gasteiger partial charge in [0.05, 0.1) is 0 Å². The molecule has 0 nitrogen and oxygen atoms in total. The van der Waals surface area contributed by atoms with Crippen LogP contribution in [0.15, 0.2) is 0 Å². The first-order valence-corrected chi connectivity index (χ1v) is 30.9. The zero-order chi connectivity index (χ0) is 70.0. The van der Waals surface area contributed by atoms with Gasteiger partial charge in [-0.1, -0.05) is 183 Å². The van der Waals surface area contributed by atoms with Crippen LogP contribution in [0.25, 0.3) is 0 Å². The van der Waals surface area contributed by atoms with Crippen LogP contribution in [0.5, 0.6) is 0 Å². The molecule has 0 saturated heterocycles. The molecule has 0 heteroatoms. The Morgan fingerprint density at radius 2 is 0.351 bits per heavy atom. The summed E-state index contributed by atoms with van der Waals surface area (Å²) in [4.78, 5) is 0. The fourth-order valence-corrected chi connectivity index (χ4v) is 10.5. The summed E-state index contributed by atoms with van der Waals surface area (Å²) in [6.07, 6.45) is 6.18. The molecule has 0 aliphatic carbocycles. The van der Waals surface area contributed by atoms with Crippen LogP contribution in [0.2, 0.25) is 0 Å². The van der Waals surface area contributed by atoms with Crippen molar-refractivity contribution in [2.75, 3.05) is 0 Å². The van der Waals surface area contributed by atoms with Crippen LogP contribution in [0.4, 0.5) is 0 Å². The summed E-state index contributed by atoms with van der Waals surface area (Å²) in [5.74, 6) is 161. The largest absolute Gasteiger partial charge is 0.106 e. The first-order chi connectivity index (χ1) is 45.6. The van der Waals surface area contributed by atoms with Crippen molar-refractivity contribution in [1.29, 1.82) is 0 Å². The minimum absolute atomic E-state index is 0.0936. The molecule has 0 heterocycles. The van der Waals surface area contributed by atoms with E-state index in [9.17, 15) is 0 Å². The van der Waals surface area contributed by atoms with Gasteiger partial charge in [-0.3, -0.25) is 0 Å². The van der Waals surface area contributed by atoms with E-state index in [0.717, 1.165) is 6.42 Å². The molecular formula is C94H78. The predicted octanol–water partition coefficient (Wildman–Crippen LogP) is 12.6. The Bertz CT molecular complexity index is 4620. The molecule has 0 aliphatic rings. The summed E-state index contributed by atoms with van der Waals surface area (Å²) in [5.41, 5.74) is 0. The monoisotopic (exact) mass is 1210 g/mol. The molecule has 0 saturated carbocycles. The maximum Gasteiger partial charge on any atom is 0.0288 e. The minimum Gasteiger partial charge on any atom is -0.106 e. The van der Waals surface area contributed by atoms with Crippen LogP contribution in [-0.2, 0) is 0 Å². The topological polar surface area (TPSA) is 0 Å². The lowest BCUT2D eigenvalue weighted by atomic mass is 9.60. The quantitative estimate of drug-likeness (QED) is 0.120. The fourth-order valence-electron chi connectivity index (χ4n) is 10.5. The van der Waals surface area contributed by atoms with Crippen LogP contribution >= 0.6 is 0 Å². The molecule has 0 spiro atoms. The van der Waals surface area contributed by atoms with Crippen LogP contribution in [0.1, 0.15) is 138 Å². The molecular weight excluding hydrogens is 1130 g/mol. The molecule has 18 unspecified atom stereocenters. The van der Waals surface area contributed by atoms with Crippen molar-refractivity contribution in [1.82, 2.24) is 0 Å². The Morgan fingerprint density at radius 3 is 0.553 bits per heavy atom. The Balaban J connectivity index is 9.68. The maximum atomic E-state index is 5.31. The summed E-state index contributed by atoms with van der Waals surface area (Å²) in [6, 6.07) is 0. The van der Waals surface area contributed by atoms with Gasteiger partial charge >= 0.3 is 0 Å². The highest BCUT2D eigenvalue weighted by Gasteiger charge is 2.43. The molecule has 0 amide bonds. The first kappa shape index (κ1) is 81.7. The lowest BCUT2D eigenvalue weighted by Crippen LogP contribution is -2.40. The number of hydrogen-bond acceptors (Lipinski definition) is 0. The average molecular weight is 1210 g/mol. The molecule has 0 aromatic carbocycles. The number of terminal acetylenes is 1. The second-order valence-electron chi connectivity index (χ2n) is 21.3. The molecule has 0 aliphatic heterocycles. The van der Waals surface area contributed by atoms with Gasteiger partial charge < -0.3 is 0 Å². The lowest BCUT2D eigenvalue weighted by Gasteiger charge is -2.41. The second-order valence-corrected chi connectivity index (χ2v) is 21.3. The SMILES string of the molecule is C#CC#CC#CC#CC(C)C(C)C(C#CC#CC#CC)C(C)C(C#CC#CC#CC)C(C)C(C#CC#CC#CC)C(C)C(C#CC#CC#CC)C(C)C(C#CC#CC#CC)C(C)C(C#CC#CC#CC)C(C)C(C#CC#CC#CC)C(C)C(C#CC#CC#CC)C(C)CC. The third kappa shape index (κ3) is 33.3. The Hall–Kier alpha value is -12.3. The van der Waals surface area contributed by atoms with Crippen molar-refractivity contribution in [3.05, 3.63) is 0 Å². The lowest BCUT2D eigenvalue weighted by molar-refractivity contribution is 0.111. The third-order valence-corrected chi connectivity index (χ3v) is 15.6. The molecule has 0 rings (SSSR count). The van der Waals surface area contributed by atoms with Crippen molar-refractivity contribution in [2.45, 2.75) is 138 Å². The van der Waals surface area contributed by atoms with Gasteiger partial charge in [0.2, 0.25) is 0 Å². The molecule has 454 valence electrons. The van der Waals surface area contributed by atoms with Crippen molar-refractivity contribution < 1.29 is 0 Å². The first-order valence-electron chi connectivity index (χ1n) is 30.9. The Morgan fingerprint density at radius 1 is 0.191 bits per heavy atom. The van der Waals surface area contributed by atoms with Crippen molar-refractivity contribution in [2.24, 2.45) is 107 Å². The van der Waals surface area contributed by atoms with E-state index in [1.54, 1.807) is 55.4 Å². The summed E-state index contributed by atoms with van der Waals surface area (Å²) < 4.78 is 0. The van der Waals surface area contributed by atoms with Gasteiger partial charge in [-0.15, -0.1) is 6.42 Å². The summed E-state index contributed by atoms with van der Waals surface area (Å²) in [7, 11) is 0. The molecule has 0 fully saturated rings. The van der Waals surface area contributed by atoms with Crippen LogP contribution in [0, 0.1) is 439 Å². The van der Waals surface area contributed by atoms with Gasteiger partial charge in [-0.05, 0) is 334 Å². The zero-order valence-electron chi connectivity index (χ0n) is 58.2. The van der Waals surface area contributed by atoms with Gasteiger partial charge in [-0.2, -0.15) is 0 Å². The molecule has 0 aromatic rings. The Kier molecular flexibility index (Phi) is 46.6. The highest BCUT2D eigenvalue weighted by molar-refractivity contribution is 5.44. The van der Waals surface area contributed by atoms with Gasteiger partial charge in [0, 0.05) is 53.3 Å². The van der Waals surface area contributed by atoms with E-state index < -0.39 is 29.6 Å². The van der Waals surface area contributed by atoms with Crippen molar-refractivity contribution >= 4 is 0 Å². The maximum absolute atomic E-state index is 5.31. The summed E-state index contributed by atoms with van der Waals surface area (Å²) in [6.45, 7) is 37.7. The summed E-state index contributed by atoms with van der Waals surface area (Å²) >= 11 is 0. The van der Waals surface area contributed by atoms with E-state index in [1.807, 2.05) is 0 Å². The van der Waals surface area contributed by atoms with E-state index in [2.05, 4.69) is 402 Å². The highest BCUT2D eigenvalue weighted by atomic mass is 14.5. The van der Waals surface area contributed by atoms with E-state index >= 15 is 0 Å². The standard InChI is InChI=1S/C94H78/c1-21-31-40-49-58-59-68-78(12)79(13)88(70-61-51-42-33-23-3)81(15)90(72-63-53-44-35-25-5)83(17)92(74-65-55-46-37-27-7)85(19)94(76-67-57-48-39-29-9)86(20)93(75-66-56-47-38-28-8)84(18)91(73-64-54-45-36-26-6)82(16)89(71-62-52-43-34-24-4)80(14)87(77(11)30-10)69-60-50-41-32-22-2/h1,77-94H,30H2,2-20H3. The fraction of sp³-hybridized carbons (Fsp3) is 0.404. The van der Waals surface area contributed by atoms with E-state index in [-0.39, 0.29) is 76.9 Å². The van der Waals surface area contributed by atoms with E-state index in [4.69, 9.17) is 6.42 Å². The highest BCUT2D eigenvalue weighted by Crippen LogP contribution is 2.45. The molecule has 0 aromatic heterocycles. The average Bonchev–Trinajstić information content (AvgIpc) is 0.838. The van der Waals surface area contributed by atoms with E-state index in [1.165, 1.54) is 0 Å². The number of rotatable bonds is 18. The normalized spacial score (nSPS) is 13.4. The van der Waals surface area contributed by atoms with Crippen LogP contribution in [-0.4, -0.2) is 0 Å². The zero-order valence-corrected chi connectivity index (χ0v) is 58.2. The number of hydrogen-bond donors (Lipinski definition) is 0. The molecule has 0 radical (unpaired) electrons. The molecule has 0 bridgehead atoms. The van der Waals surface area contributed by atoms with E-state index in [0.29, 0.717) is 0 Å². The minimum atomic E-state index is -0.453. The molecule has 0 N–H and O–H groups in total. The van der Waals surface area contributed by atoms with Gasteiger partial charge in [0.15, 0.2) is 0 Å².